The topological polar surface area (TPSA) is 133 Å². The van der Waals surface area contributed by atoms with Crippen molar-refractivity contribution in [2.75, 3.05) is 18.4 Å². The van der Waals surface area contributed by atoms with Crippen LogP contribution >= 0.6 is 11.5 Å². The number of carboxylic acids is 2. The van der Waals surface area contributed by atoms with E-state index in [9.17, 15) is 14.4 Å². The van der Waals surface area contributed by atoms with Gasteiger partial charge in [-0.3, -0.25) is 14.9 Å². The third kappa shape index (κ3) is 4.42. The van der Waals surface area contributed by atoms with Crippen molar-refractivity contribution in [3.05, 3.63) is 6.20 Å². The second-order valence-corrected chi connectivity index (χ2v) is 3.64. The molecule has 0 unspecified atom stereocenters. The summed E-state index contributed by atoms with van der Waals surface area (Å²) < 4.78 is 3.48. The molecule has 0 fully saturated rings. The number of carboxylic acid groups (broad SMARTS) is 2. The minimum atomic E-state index is -1.30. The van der Waals surface area contributed by atoms with E-state index in [4.69, 9.17) is 10.2 Å². The Balaban J connectivity index is 2.65. The Hall–Kier alpha value is -2.23. The van der Waals surface area contributed by atoms with Crippen molar-refractivity contribution in [1.82, 2.24) is 14.5 Å². The van der Waals surface area contributed by atoms with Crippen molar-refractivity contribution in [3.63, 3.8) is 0 Å². The predicted octanol–water partition coefficient (Wildman–Crippen LogP) is -0.459. The second kappa shape index (κ2) is 5.75. The van der Waals surface area contributed by atoms with Crippen molar-refractivity contribution in [1.29, 1.82) is 0 Å². The van der Waals surface area contributed by atoms with Crippen LogP contribution in [0.3, 0.4) is 0 Å². The summed E-state index contributed by atoms with van der Waals surface area (Å²) in [5.74, 6) is -2.60. The van der Waals surface area contributed by atoms with Gasteiger partial charge in [-0.2, -0.15) is 0 Å². The average Bonchev–Trinajstić information content (AvgIpc) is 2.67. The maximum absolute atomic E-state index is 11.5. The lowest BCUT2D eigenvalue weighted by Crippen LogP contribution is -2.41. The van der Waals surface area contributed by atoms with Crippen LogP contribution in [-0.4, -0.2) is 55.8 Å². The lowest BCUT2D eigenvalue weighted by Gasteiger charge is -2.17. The number of anilines is 1. The number of rotatable bonds is 5. The van der Waals surface area contributed by atoms with Crippen LogP contribution in [0.2, 0.25) is 0 Å². The van der Waals surface area contributed by atoms with Crippen LogP contribution in [0.5, 0.6) is 0 Å². The Morgan fingerprint density at radius 2 is 1.88 bits per heavy atom. The number of urea groups is 1. The van der Waals surface area contributed by atoms with Gasteiger partial charge in [0.1, 0.15) is 18.1 Å². The lowest BCUT2D eigenvalue weighted by atomic mass is 10.5. The van der Waals surface area contributed by atoms with Gasteiger partial charge in [-0.25, -0.2) is 4.79 Å². The summed E-state index contributed by atoms with van der Waals surface area (Å²) in [6.45, 7) is -1.41. The van der Waals surface area contributed by atoms with Gasteiger partial charge in [0, 0.05) is 11.5 Å². The summed E-state index contributed by atoms with van der Waals surface area (Å²) in [7, 11) is 0. The molecule has 92 valence electrons. The van der Waals surface area contributed by atoms with Gasteiger partial charge in [0.25, 0.3) is 0 Å². The largest absolute Gasteiger partial charge is 0.480 e. The lowest BCUT2D eigenvalue weighted by molar-refractivity contribution is -0.140. The Morgan fingerprint density at radius 1 is 1.29 bits per heavy atom. The molecule has 2 amide bonds. The SMILES string of the molecule is O=C(O)CN(CC(=O)O)C(=O)Nc1cnns1. The predicted molar refractivity (Wildman–Crippen MR) is 55.8 cm³/mol. The molecular weight excluding hydrogens is 252 g/mol. The fraction of sp³-hybridized carbons (Fsp3) is 0.286. The first-order valence-electron chi connectivity index (χ1n) is 4.26. The van der Waals surface area contributed by atoms with Crippen molar-refractivity contribution >= 4 is 34.5 Å². The van der Waals surface area contributed by atoms with E-state index in [1.165, 1.54) is 6.20 Å². The quantitative estimate of drug-likeness (QED) is 0.652. The summed E-state index contributed by atoms with van der Waals surface area (Å²) in [5, 5.41) is 23.1. The van der Waals surface area contributed by atoms with Crippen LogP contribution < -0.4 is 5.32 Å². The van der Waals surface area contributed by atoms with E-state index in [2.05, 4.69) is 14.9 Å². The van der Waals surface area contributed by atoms with Gasteiger partial charge in [-0.15, -0.1) is 5.10 Å². The number of hydrogen-bond acceptors (Lipinski definition) is 6. The molecule has 0 aromatic carbocycles. The summed E-state index contributed by atoms with van der Waals surface area (Å²) in [6, 6.07) is -0.833. The highest BCUT2D eigenvalue weighted by atomic mass is 32.1. The number of aliphatic carboxylic acids is 2. The third-order valence-corrected chi connectivity index (χ3v) is 2.11. The molecule has 1 aromatic rings. The van der Waals surface area contributed by atoms with Gasteiger partial charge in [0.2, 0.25) is 0 Å². The summed E-state index contributed by atoms with van der Waals surface area (Å²) in [6.07, 6.45) is 1.27. The van der Waals surface area contributed by atoms with E-state index in [0.717, 1.165) is 11.5 Å². The zero-order valence-corrected chi connectivity index (χ0v) is 9.18. The zero-order valence-electron chi connectivity index (χ0n) is 8.36. The first-order chi connectivity index (χ1) is 7.99. The molecule has 1 aromatic heterocycles. The number of carbonyl (C=O) groups excluding carboxylic acids is 1. The number of hydrogen-bond donors (Lipinski definition) is 3. The summed E-state index contributed by atoms with van der Waals surface area (Å²) in [4.78, 5) is 33.1. The summed E-state index contributed by atoms with van der Waals surface area (Å²) >= 11 is 0.892. The number of aromatic nitrogens is 2. The van der Waals surface area contributed by atoms with Crippen molar-refractivity contribution in [3.8, 4) is 0 Å². The molecule has 10 heteroatoms. The monoisotopic (exact) mass is 260 g/mol. The molecule has 0 atom stereocenters. The number of amides is 2. The molecule has 0 spiro atoms. The first-order valence-corrected chi connectivity index (χ1v) is 5.03. The van der Waals surface area contributed by atoms with Gasteiger partial charge in [-0.1, -0.05) is 4.49 Å². The van der Waals surface area contributed by atoms with Crippen LogP contribution in [-0.2, 0) is 9.59 Å². The van der Waals surface area contributed by atoms with E-state index in [0.29, 0.717) is 9.90 Å². The molecule has 0 aliphatic rings. The molecule has 0 bridgehead atoms. The fourth-order valence-electron chi connectivity index (χ4n) is 0.933. The third-order valence-electron chi connectivity index (χ3n) is 1.53. The molecule has 1 rings (SSSR count). The molecule has 0 saturated heterocycles. The van der Waals surface area contributed by atoms with Crippen molar-refractivity contribution in [2.24, 2.45) is 0 Å². The van der Waals surface area contributed by atoms with Gasteiger partial charge >= 0.3 is 18.0 Å². The van der Waals surface area contributed by atoms with Gasteiger partial charge in [-0.05, 0) is 0 Å². The van der Waals surface area contributed by atoms with Crippen LogP contribution in [0.25, 0.3) is 0 Å². The Kier molecular flexibility index (Phi) is 4.34. The standard InChI is InChI=1S/C7H8N4O5S/c12-5(13)2-11(3-6(14)15)7(16)9-4-1-8-10-17-4/h1H,2-3H2,(H,9,16)(H,12,13)(H,14,15). The second-order valence-electron chi connectivity index (χ2n) is 2.86. The Labute approximate surface area is 98.8 Å². The molecule has 0 aliphatic carbocycles. The average molecular weight is 260 g/mol. The molecule has 0 aliphatic heterocycles. The number of carbonyl (C=O) groups is 3. The van der Waals surface area contributed by atoms with Gasteiger partial charge in [0.05, 0.1) is 6.20 Å². The van der Waals surface area contributed by atoms with Crippen LogP contribution in [0.4, 0.5) is 9.80 Å². The fourth-order valence-corrected chi connectivity index (χ4v) is 1.34. The maximum Gasteiger partial charge on any atom is 0.323 e. The summed E-state index contributed by atoms with van der Waals surface area (Å²) in [5.41, 5.74) is 0. The van der Waals surface area contributed by atoms with Crippen LogP contribution in [0.15, 0.2) is 6.20 Å². The molecule has 17 heavy (non-hydrogen) atoms. The highest BCUT2D eigenvalue weighted by Crippen LogP contribution is 2.10. The van der Waals surface area contributed by atoms with Crippen molar-refractivity contribution in [2.45, 2.75) is 0 Å². The van der Waals surface area contributed by atoms with E-state index in [-0.39, 0.29) is 0 Å². The zero-order chi connectivity index (χ0) is 12.8. The minimum Gasteiger partial charge on any atom is -0.480 e. The Bertz CT molecular complexity index is 404. The molecule has 1 heterocycles. The van der Waals surface area contributed by atoms with E-state index in [1.807, 2.05) is 0 Å². The Morgan fingerprint density at radius 3 is 2.29 bits per heavy atom. The van der Waals surface area contributed by atoms with Crippen LogP contribution in [0, 0.1) is 0 Å². The highest BCUT2D eigenvalue weighted by Gasteiger charge is 2.20. The first kappa shape index (κ1) is 12.8. The van der Waals surface area contributed by atoms with Crippen LogP contribution in [0.1, 0.15) is 0 Å². The van der Waals surface area contributed by atoms with E-state index < -0.39 is 31.1 Å². The highest BCUT2D eigenvalue weighted by molar-refractivity contribution is 7.10. The van der Waals surface area contributed by atoms with E-state index in [1.54, 1.807) is 0 Å². The van der Waals surface area contributed by atoms with Gasteiger partial charge < -0.3 is 15.1 Å². The molecule has 3 N–H and O–H groups in total. The molecular formula is C7H8N4O5S. The molecule has 0 radical (unpaired) electrons. The minimum absolute atomic E-state index is 0.302. The normalized spacial score (nSPS) is 9.65. The van der Waals surface area contributed by atoms with Crippen molar-refractivity contribution < 1.29 is 24.6 Å². The van der Waals surface area contributed by atoms with Gasteiger partial charge in [0.15, 0.2) is 0 Å². The maximum atomic E-state index is 11.5. The smallest absolute Gasteiger partial charge is 0.323 e. The van der Waals surface area contributed by atoms with E-state index >= 15 is 0 Å². The molecule has 0 saturated carbocycles. The number of nitrogens with one attached hydrogen (secondary N) is 1. The number of nitrogens with zero attached hydrogens (tertiary/aromatic N) is 3. The molecule has 9 nitrogen and oxygen atoms in total.